The van der Waals surface area contributed by atoms with Crippen LogP contribution in [0.25, 0.3) is 0 Å². The highest BCUT2D eigenvalue weighted by Gasteiger charge is 2.41. The molecule has 0 aromatic heterocycles. The van der Waals surface area contributed by atoms with E-state index in [1.54, 1.807) is 12.1 Å². The summed E-state index contributed by atoms with van der Waals surface area (Å²) >= 11 is 0. The number of carbonyl (C=O) groups is 2. The van der Waals surface area contributed by atoms with E-state index in [1.165, 1.54) is 12.1 Å². The maximum atomic E-state index is 13.7. The van der Waals surface area contributed by atoms with E-state index in [0.717, 1.165) is 11.3 Å². The number of carbonyl (C=O) groups excluding carboxylic acids is 2. The van der Waals surface area contributed by atoms with Gasteiger partial charge in [0.1, 0.15) is 5.82 Å². The van der Waals surface area contributed by atoms with Crippen molar-refractivity contribution in [2.24, 2.45) is 0 Å². The minimum atomic E-state index is -0.576. The van der Waals surface area contributed by atoms with Crippen molar-refractivity contribution >= 4 is 11.8 Å². The van der Waals surface area contributed by atoms with Crippen LogP contribution in [0.3, 0.4) is 0 Å². The second-order valence-corrected chi connectivity index (χ2v) is 8.60. The monoisotopic (exact) mass is 433 g/mol. The van der Waals surface area contributed by atoms with Crippen LogP contribution in [0.5, 0.6) is 0 Å². The van der Waals surface area contributed by atoms with Crippen molar-refractivity contribution in [3.8, 4) is 0 Å². The summed E-state index contributed by atoms with van der Waals surface area (Å²) in [6.45, 7) is 5.63. The van der Waals surface area contributed by atoms with Gasteiger partial charge >= 0.3 is 5.97 Å². The lowest BCUT2D eigenvalue weighted by Gasteiger charge is -2.37. The molecule has 1 aliphatic carbocycles. The summed E-state index contributed by atoms with van der Waals surface area (Å²) in [5, 5.41) is 3.35. The molecule has 1 aliphatic heterocycles. The summed E-state index contributed by atoms with van der Waals surface area (Å²) in [7, 11) is 0. The van der Waals surface area contributed by atoms with Crippen LogP contribution < -0.4 is 5.32 Å². The maximum Gasteiger partial charge on any atom is 0.337 e. The molecule has 5 heteroatoms. The van der Waals surface area contributed by atoms with E-state index >= 15 is 0 Å². The van der Waals surface area contributed by atoms with Crippen LogP contribution in [0, 0.1) is 5.82 Å². The van der Waals surface area contributed by atoms with Crippen molar-refractivity contribution in [3.63, 3.8) is 0 Å². The van der Waals surface area contributed by atoms with Crippen LogP contribution in [0.2, 0.25) is 0 Å². The molecule has 0 unspecified atom stereocenters. The van der Waals surface area contributed by atoms with Crippen molar-refractivity contribution in [3.05, 3.63) is 94.1 Å². The minimum Gasteiger partial charge on any atom is -0.459 e. The van der Waals surface area contributed by atoms with Gasteiger partial charge in [-0.1, -0.05) is 49.4 Å². The van der Waals surface area contributed by atoms with E-state index < -0.39 is 11.9 Å². The Kier molecular flexibility index (Phi) is 6.26. The predicted octanol–water partition coefficient (Wildman–Crippen LogP) is 5.53. The van der Waals surface area contributed by atoms with E-state index in [9.17, 15) is 14.0 Å². The molecule has 0 saturated carbocycles. The second kappa shape index (κ2) is 9.11. The molecular formula is C27H28FNO3. The summed E-state index contributed by atoms with van der Waals surface area (Å²) in [6, 6.07) is 16.0. The zero-order valence-corrected chi connectivity index (χ0v) is 18.7. The first-order valence-corrected chi connectivity index (χ1v) is 11.1. The average Bonchev–Trinajstić information content (AvgIpc) is 2.79. The highest BCUT2D eigenvalue weighted by molar-refractivity contribution is 6.04. The number of dihydropyridines is 1. The molecule has 2 aliphatic rings. The van der Waals surface area contributed by atoms with Gasteiger partial charge in [-0.05, 0) is 55.9 Å². The second-order valence-electron chi connectivity index (χ2n) is 8.60. The highest BCUT2D eigenvalue weighted by Crippen LogP contribution is 2.45. The Hall–Kier alpha value is -3.21. The van der Waals surface area contributed by atoms with Crippen molar-refractivity contribution < 1.29 is 18.7 Å². The molecule has 2 aromatic rings. The zero-order chi connectivity index (χ0) is 22.8. The van der Waals surface area contributed by atoms with E-state index in [2.05, 4.69) is 5.32 Å². The lowest BCUT2D eigenvalue weighted by Crippen LogP contribution is -2.36. The third-order valence-corrected chi connectivity index (χ3v) is 6.40. The number of hydrogen-bond acceptors (Lipinski definition) is 4. The molecule has 0 spiro atoms. The Morgan fingerprint density at radius 3 is 2.44 bits per heavy atom. The van der Waals surface area contributed by atoms with Crippen molar-refractivity contribution in [1.82, 2.24) is 5.32 Å². The number of benzene rings is 2. The number of esters is 1. The minimum absolute atomic E-state index is 0.00303. The normalized spacial score (nSPS) is 21.7. The first-order valence-electron chi connectivity index (χ1n) is 11.1. The Morgan fingerprint density at radius 1 is 1.09 bits per heavy atom. The van der Waals surface area contributed by atoms with Gasteiger partial charge in [0, 0.05) is 29.3 Å². The van der Waals surface area contributed by atoms with Crippen LogP contribution in [-0.2, 0) is 14.3 Å². The molecule has 1 heterocycles. The third-order valence-electron chi connectivity index (χ3n) is 6.40. The number of hydrogen-bond donors (Lipinski definition) is 1. The molecule has 166 valence electrons. The van der Waals surface area contributed by atoms with Gasteiger partial charge in [0.2, 0.25) is 0 Å². The number of halogens is 1. The Balaban J connectivity index is 1.78. The standard InChI is InChI=1S/C27H28FNO3/c1-4-16(2)32-27(31)24-17(3)29-22-14-20(18-8-6-5-7-9-18)15-23(30)26(22)25(24)19-10-12-21(28)13-11-19/h5-13,16,20,25,29H,4,14-15H2,1-3H3/t16-,20-,25-/m1/s1. The predicted molar refractivity (Wildman–Crippen MR) is 121 cm³/mol. The van der Waals surface area contributed by atoms with E-state index in [-0.39, 0.29) is 23.6 Å². The number of allylic oxidation sites excluding steroid dienone is 3. The van der Waals surface area contributed by atoms with Crippen molar-refractivity contribution in [2.75, 3.05) is 0 Å². The summed E-state index contributed by atoms with van der Waals surface area (Å²) in [5.74, 6) is -1.30. The topological polar surface area (TPSA) is 55.4 Å². The summed E-state index contributed by atoms with van der Waals surface area (Å²) in [4.78, 5) is 26.6. The first kappa shape index (κ1) is 22.0. The van der Waals surface area contributed by atoms with Gasteiger partial charge < -0.3 is 10.1 Å². The maximum absolute atomic E-state index is 13.7. The summed E-state index contributed by atoms with van der Waals surface area (Å²) in [6.07, 6.45) is 1.50. The number of ketones is 1. The van der Waals surface area contributed by atoms with Crippen LogP contribution >= 0.6 is 0 Å². The van der Waals surface area contributed by atoms with Gasteiger partial charge in [-0.15, -0.1) is 0 Å². The Bertz CT molecular complexity index is 1090. The van der Waals surface area contributed by atoms with Gasteiger partial charge in [-0.25, -0.2) is 9.18 Å². The number of ether oxygens (including phenoxy) is 1. The van der Waals surface area contributed by atoms with Crippen LogP contribution in [0.4, 0.5) is 4.39 Å². The van der Waals surface area contributed by atoms with Crippen LogP contribution in [0.1, 0.15) is 63.0 Å². The highest BCUT2D eigenvalue weighted by atomic mass is 19.1. The largest absolute Gasteiger partial charge is 0.459 e. The van der Waals surface area contributed by atoms with E-state index in [4.69, 9.17) is 4.74 Å². The zero-order valence-electron chi connectivity index (χ0n) is 18.7. The van der Waals surface area contributed by atoms with Crippen LogP contribution in [-0.4, -0.2) is 17.9 Å². The SMILES string of the molecule is CC[C@@H](C)OC(=O)C1=C(C)NC2=C(C(=O)C[C@H](c3ccccc3)C2)[C@@H]1c1ccc(F)cc1. The van der Waals surface area contributed by atoms with Crippen molar-refractivity contribution in [2.45, 2.75) is 58.0 Å². The number of nitrogens with one attached hydrogen (secondary N) is 1. The van der Waals surface area contributed by atoms with Crippen LogP contribution in [0.15, 0.2) is 77.1 Å². The summed E-state index contributed by atoms with van der Waals surface area (Å²) < 4.78 is 19.3. The molecule has 4 nitrogen and oxygen atoms in total. The Morgan fingerprint density at radius 2 is 1.78 bits per heavy atom. The fourth-order valence-electron chi connectivity index (χ4n) is 4.59. The summed E-state index contributed by atoms with van der Waals surface area (Å²) in [5.41, 5.74) is 4.35. The molecule has 1 N–H and O–H groups in total. The lowest BCUT2D eigenvalue weighted by atomic mass is 9.72. The van der Waals surface area contributed by atoms with Gasteiger partial charge in [-0.2, -0.15) is 0 Å². The fourth-order valence-corrected chi connectivity index (χ4v) is 4.59. The molecule has 4 rings (SSSR count). The smallest absolute Gasteiger partial charge is 0.337 e. The average molecular weight is 434 g/mol. The van der Waals surface area contributed by atoms with Gasteiger partial charge in [0.25, 0.3) is 0 Å². The Labute approximate surface area is 188 Å². The number of rotatable bonds is 5. The lowest BCUT2D eigenvalue weighted by molar-refractivity contribution is -0.144. The molecule has 0 fully saturated rings. The molecule has 0 radical (unpaired) electrons. The molecule has 0 bridgehead atoms. The van der Waals surface area contributed by atoms with Crippen molar-refractivity contribution in [1.29, 1.82) is 0 Å². The molecule has 0 saturated heterocycles. The van der Waals surface area contributed by atoms with E-state index in [0.29, 0.717) is 41.7 Å². The van der Waals surface area contributed by atoms with Gasteiger partial charge in [0.05, 0.1) is 11.7 Å². The van der Waals surface area contributed by atoms with Gasteiger partial charge in [-0.3, -0.25) is 4.79 Å². The quantitative estimate of drug-likeness (QED) is 0.630. The van der Waals surface area contributed by atoms with Gasteiger partial charge in [0.15, 0.2) is 5.78 Å². The molecule has 2 aromatic carbocycles. The molecule has 0 amide bonds. The third kappa shape index (κ3) is 4.24. The molecular weight excluding hydrogens is 405 g/mol. The van der Waals surface area contributed by atoms with E-state index in [1.807, 2.05) is 51.1 Å². The first-order chi connectivity index (χ1) is 15.4. The molecule has 3 atom stereocenters. The fraction of sp³-hybridized carbons (Fsp3) is 0.333. The number of Topliss-reactive ketones (excluding diaryl/α,β-unsaturated/α-hetero) is 1. The molecule has 32 heavy (non-hydrogen) atoms.